The molecule has 3 heterocycles. The standard InChI is InChI=1S/C21H13Cl2F2N5O3.H2S2/c1-10(32)33-9-12-3-2-11(4-14(12)24)5-15-21-26-6-17(25)30(21)7-16(27-15)20-28-18(22)13(8-31)19(23)29-20;1-2/h2-4,6-8H,5,9H2,1H3;1-2H. The molecule has 0 saturated carbocycles. The van der Waals surface area contributed by atoms with Crippen LogP contribution in [-0.2, 0) is 22.6 Å². The SMILES string of the molecule is CC(=O)OCc1ccc(Cc2nc(-c3nc(Cl)c(C=O)c(Cl)n3)cn3c(F)cnc23)cc1F.SS. The first-order chi connectivity index (χ1) is 16.8. The molecule has 0 aliphatic rings. The van der Waals surface area contributed by atoms with Gasteiger partial charge in [-0.2, -0.15) is 4.39 Å². The minimum atomic E-state index is -0.667. The van der Waals surface area contributed by atoms with Crippen LogP contribution in [-0.4, -0.2) is 36.6 Å². The second-order valence-corrected chi connectivity index (χ2v) is 7.61. The molecule has 0 atom stereocenters. The number of thiol groups is 2. The molecule has 14 heteroatoms. The maximum atomic E-state index is 14.5. The van der Waals surface area contributed by atoms with Gasteiger partial charge < -0.3 is 4.74 Å². The van der Waals surface area contributed by atoms with Gasteiger partial charge in [-0.1, -0.05) is 35.3 Å². The van der Waals surface area contributed by atoms with Crippen molar-refractivity contribution >= 4 is 64.4 Å². The Labute approximate surface area is 217 Å². The van der Waals surface area contributed by atoms with E-state index in [9.17, 15) is 18.4 Å². The predicted octanol–water partition coefficient (Wildman–Crippen LogP) is 5.00. The highest BCUT2D eigenvalue weighted by atomic mass is 35.5. The molecule has 0 spiro atoms. The summed E-state index contributed by atoms with van der Waals surface area (Å²) < 4.78 is 34.8. The Hall–Kier alpha value is -2.80. The van der Waals surface area contributed by atoms with Gasteiger partial charge in [0.1, 0.15) is 28.4 Å². The van der Waals surface area contributed by atoms with Gasteiger partial charge in [-0.3, -0.25) is 14.0 Å². The molecule has 1 aromatic carbocycles. The Morgan fingerprint density at radius 3 is 2.46 bits per heavy atom. The zero-order valence-electron chi connectivity index (χ0n) is 17.7. The van der Waals surface area contributed by atoms with Crippen LogP contribution >= 0.6 is 46.5 Å². The van der Waals surface area contributed by atoms with Crippen LogP contribution in [0.3, 0.4) is 0 Å². The number of aldehydes is 1. The maximum Gasteiger partial charge on any atom is 0.302 e. The number of nitrogens with zero attached hydrogens (tertiary/aromatic N) is 5. The molecule has 0 radical (unpaired) electrons. The fourth-order valence-corrected chi connectivity index (χ4v) is 3.54. The van der Waals surface area contributed by atoms with E-state index in [1.54, 1.807) is 6.07 Å². The Bertz CT molecular complexity index is 1400. The van der Waals surface area contributed by atoms with Crippen LogP contribution in [0.4, 0.5) is 8.78 Å². The molecule has 0 bridgehead atoms. The van der Waals surface area contributed by atoms with Crippen molar-refractivity contribution in [3.05, 3.63) is 75.0 Å². The molecular formula is C21H15Cl2F2N5O3S2. The van der Waals surface area contributed by atoms with Crippen LogP contribution in [0.1, 0.15) is 34.1 Å². The summed E-state index contributed by atoms with van der Waals surface area (Å²) in [5, 5.41) is -0.361. The third-order valence-electron chi connectivity index (χ3n) is 4.64. The number of hydrogen-bond acceptors (Lipinski definition) is 9. The minimum Gasteiger partial charge on any atom is -0.461 e. The maximum absolute atomic E-state index is 14.5. The molecule has 0 amide bonds. The number of carbonyl (C=O) groups excluding carboxylic acids is 2. The zero-order chi connectivity index (χ0) is 25.7. The van der Waals surface area contributed by atoms with Crippen molar-refractivity contribution in [1.82, 2.24) is 24.3 Å². The summed E-state index contributed by atoms with van der Waals surface area (Å²) in [6, 6.07) is 4.39. The van der Waals surface area contributed by atoms with Gasteiger partial charge in [0.2, 0.25) is 5.95 Å². The van der Waals surface area contributed by atoms with Gasteiger partial charge >= 0.3 is 5.97 Å². The van der Waals surface area contributed by atoms with E-state index in [-0.39, 0.29) is 51.6 Å². The molecule has 4 aromatic rings. The van der Waals surface area contributed by atoms with E-state index in [0.29, 0.717) is 17.5 Å². The molecular weight excluding hydrogens is 543 g/mol. The molecule has 0 saturated heterocycles. The summed E-state index contributed by atoms with van der Waals surface area (Å²) in [5.41, 5.74) is 1.27. The summed E-state index contributed by atoms with van der Waals surface area (Å²) >= 11 is 18.4. The first kappa shape index (κ1) is 26.8. The topological polar surface area (TPSA) is 99.3 Å². The van der Waals surface area contributed by atoms with Crippen LogP contribution in [0.25, 0.3) is 17.2 Å². The second kappa shape index (κ2) is 11.8. The van der Waals surface area contributed by atoms with Gasteiger partial charge in [0, 0.05) is 25.1 Å². The van der Waals surface area contributed by atoms with Gasteiger partial charge in [-0.05, 0) is 11.6 Å². The third-order valence-corrected chi connectivity index (χ3v) is 5.21. The Kier molecular flexibility index (Phi) is 9.00. The number of hydrogen-bond donors (Lipinski definition) is 2. The van der Waals surface area contributed by atoms with E-state index in [1.807, 2.05) is 0 Å². The van der Waals surface area contributed by atoms with Gasteiger partial charge in [0.05, 0.1) is 17.5 Å². The highest BCUT2D eigenvalue weighted by molar-refractivity contribution is 8.59. The van der Waals surface area contributed by atoms with Gasteiger partial charge in [-0.15, -0.1) is 23.3 Å². The van der Waals surface area contributed by atoms with Crippen LogP contribution in [0.5, 0.6) is 0 Å². The number of benzene rings is 1. The number of aromatic nitrogens is 5. The van der Waals surface area contributed by atoms with Crippen molar-refractivity contribution in [3.63, 3.8) is 0 Å². The fraction of sp³-hybridized carbons (Fsp3) is 0.143. The van der Waals surface area contributed by atoms with Crippen LogP contribution < -0.4 is 0 Å². The minimum absolute atomic E-state index is 0.0326. The fourth-order valence-electron chi connectivity index (χ4n) is 3.07. The van der Waals surface area contributed by atoms with Gasteiger partial charge in [0.25, 0.3) is 0 Å². The first-order valence-corrected chi connectivity index (χ1v) is 11.9. The molecule has 0 fully saturated rings. The lowest BCUT2D eigenvalue weighted by Gasteiger charge is -2.10. The largest absolute Gasteiger partial charge is 0.461 e. The zero-order valence-corrected chi connectivity index (χ0v) is 21.0. The summed E-state index contributed by atoms with van der Waals surface area (Å²) in [4.78, 5) is 38.6. The highest BCUT2D eigenvalue weighted by Gasteiger charge is 2.18. The van der Waals surface area contributed by atoms with E-state index in [4.69, 9.17) is 27.9 Å². The van der Waals surface area contributed by atoms with Crippen molar-refractivity contribution in [2.45, 2.75) is 20.0 Å². The normalized spacial score (nSPS) is 10.6. The molecule has 0 aliphatic carbocycles. The first-order valence-electron chi connectivity index (χ1n) is 9.58. The number of esters is 1. The van der Waals surface area contributed by atoms with Gasteiger partial charge in [0.15, 0.2) is 17.8 Å². The number of ether oxygens (including phenoxy) is 1. The van der Waals surface area contributed by atoms with E-state index in [0.717, 1.165) is 10.6 Å². The average Bonchev–Trinajstić information content (AvgIpc) is 3.20. The third kappa shape index (κ3) is 6.07. The predicted molar refractivity (Wildman–Crippen MR) is 132 cm³/mol. The van der Waals surface area contributed by atoms with Crippen molar-refractivity contribution in [2.75, 3.05) is 0 Å². The van der Waals surface area contributed by atoms with Crippen molar-refractivity contribution < 1.29 is 23.1 Å². The van der Waals surface area contributed by atoms with E-state index < -0.39 is 17.7 Å². The Balaban J connectivity index is 0.00000167. The molecule has 0 unspecified atom stereocenters. The lowest BCUT2D eigenvalue weighted by Crippen LogP contribution is -2.05. The lowest BCUT2D eigenvalue weighted by molar-refractivity contribution is -0.142. The van der Waals surface area contributed by atoms with Crippen molar-refractivity contribution in [2.24, 2.45) is 0 Å². The molecule has 3 aromatic heterocycles. The van der Waals surface area contributed by atoms with Gasteiger partial charge in [-0.25, -0.2) is 24.3 Å². The van der Waals surface area contributed by atoms with Crippen LogP contribution in [0.15, 0.2) is 30.6 Å². The van der Waals surface area contributed by atoms with Crippen LogP contribution in [0, 0.1) is 11.8 Å². The Morgan fingerprint density at radius 2 is 1.86 bits per heavy atom. The molecule has 35 heavy (non-hydrogen) atoms. The molecule has 0 N–H and O–H groups in total. The Morgan fingerprint density at radius 1 is 1.17 bits per heavy atom. The highest BCUT2D eigenvalue weighted by Crippen LogP contribution is 2.25. The smallest absolute Gasteiger partial charge is 0.302 e. The number of fused-ring (bicyclic) bond motifs is 1. The number of carbonyl (C=O) groups is 2. The van der Waals surface area contributed by atoms with E-state index in [1.165, 1.54) is 25.3 Å². The van der Waals surface area contributed by atoms with Crippen LogP contribution in [0.2, 0.25) is 10.3 Å². The number of rotatable bonds is 6. The lowest BCUT2D eigenvalue weighted by atomic mass is 10.1. The summed E-state index contributed by atoms with van der Waals surface area (Å²) in [6.07, 6.45) is 2.84. The monoisotopic (exact) mass is 557 g/mol. The number of imidazole rings is 1. The van der Waals surface area contributed by atoms with Crippen molar-refractivity contribution in [1.29, 1.82) is 0 Å². The molecule has 4 rings (SSSR count). The molecule has 182 valence electrons. The van der Waals surface area contributed by atoms with E-state index in [2.05, 4.69) is 43.3 Å². The summed E-state index contributed by atoms with van der Waals surface area (Å²) in [5.74, 6) is -1.79. The second-order valence-electron chi connectivity index (χ2n) is 6.89. The summed E-state index contributed by atoms with van der Waals surface area (Å²) in [6.45, 7) is 1.04. The molecule has 8 nitrogen and oxygen atoms in total. The molecule has 0 aliphatic heterocycles. The quantitative estimate of drug-likeness (QED) is 0.113. The summed E-state index contributed by atoms with van der Waals surface area (Å²) in [7, 11) is 0. The van der Waals surface area contributed by atoms with E-state index >= 15 is 0 Å². The number of halogens is 4. The average molecular weight is 558 g/mol. The van der Waals surface area contributed by atoms with Crippen molar-refractivity contribution in [3.8, 4) is 11.5 Å².